The highest BCUT2D eigenvalue weighted by atomic mass is 16.3. The van der Waals surface area contributed by atoms with Crippen molar-refractivity contribution in [2.45, 2.75) is 26.9 Å². The molecule has 2 heterocycles. The predicted molar refractivity (Wildman–Crippen MR) is 66.5 cm³/mol. The Balaban J connectivity index is 2.09. The van der Waals surface area contributed by atoms with E-state index < -0.39 is 0 Å². The van der Waals surface area contributed by atoms with E-state index in [1.807, 2.05) is 38.1 Å². The Morgan fingerprint density at radius 2 is 1.61 bits per heavy atom. The minimum atomic E-state index is -0.0464. The second-order valence-corrected chi connectivity index (χ2v) is 4.51. The SMILES string of the molecule is CC(C)C(=O)N(Cc1ccco1)Cc1ccco1. The maximum atomic E-state index is 12.1. The van der Waals surface area contributed by atoms with Crippen molar-refractivity contribution in [3.8, 4) is 0 Å². The maximum absolute atomic E-state index is 12.1. The third-order valence-electron chi connectivity index (χ3n) is 2.66. The lowest BCUT2D eigenvalue weighted by atomic mass is 10.2. The van der Waals surface area contributed by atoms with Gasteiger partial charge in [0.05, 0.1) is 25.6 Å². The summed E-state index contributed by atoms with van der Waals surface area (Å²) in [7, 11) is 0. The highest BCUT2D eigenvalue weighted by Gasteiger charge is 2.19. The molecule has 4 nitrogen and oxygen atoms in total. The van der Waals surface area contributed by atoms with Crippen molar-refractivity contribution in [1.29, 1.82) is 0 Å². The molecule has 2 rings (SSSR count). The Hall–Kier alpha value is -1.97. The molecule has 0 atom stereocenters. The number of furan rings is 2. The van der Waals surface area contributed by atoms with Gasteiger partial charge in [0.2, 0.25) is 5.91 Å². The molecule has 0 aliphatic carbocycles. The number of carbonyl (C=O) groups is 1. The first-order valence-electron chi connectivity index (χ1n) is 6.00. The van der Waals surface area contributed by atoms with Gasteiger partial charge in [-0.3, -0.25) is 4.79 Å². The van der Waals surface area contributed by atoms with Crippen LogP contribution in [0.25, 0.3) is 0 Å². The molecule has 0 aliphatic heterocycles. The maximum Gasteiger partial charge on any atom is 0.225 e. The summed E-state index contributed by atoms with van der Waals surface area (Å²) in [4.78, 5) is 13.9. The van der Waals surface area contributed by atoms with Crippen LogP contribution in [-0.4, -0.2) is 10.8 Å². The van der Waals surface area contributed by atoms with Gasteiger partial charge in [-0.2, -0.15) is 0 Å². The molecule has 0 unspecified atom stereocenters. The molecule has 0 radical (unpaired) electrons. The van der Waals surface area contributed by atoms with Gasteiger partial charge in [0.25, 0.3) is 0 Å². The third-order valence-corrected chi connectivity index (χ3v) is 2.66. The van der Waals surface area contributed by atoms with Gasteiger partial charge in [-0.1, -0.05) is 13.8 Å². The van der Waals surface area contributed by atoms with E-state index in [1.54, 1.807) is 17.4 Å². The molecule has 0 N–H and O–H groups in total. The summed E-state index contributed by atoms with van der Waals surface area (Å²) in [5, 5.41) is 0. The van der Waals surface area contributed by atoms with Gasteiger partial charge in [0.1, 0.15) is 11.5 Å². The second-order valence-electron chi connectivity index (χ2n) is 4.51. The summed E-state index contributed by atoms with van der Waals surface area (Å²) in [5.41, 5.74) is 0. The summed E-state index contributed by atoms with van der Waals surface area (Å²) < 4.78 is 10.6. The van der Waals surface area contributed by atoms with Gasteiger partial charge in [-0.15, -0.1) is 0 Å². The first-order chi connectivity index (χ1) is 8.66. The van der Waals surface area contributed by atoms with E-state index in [0.29, 0.717) is 13.1 Å². The summed E-state index contributed by atoms with van der Waals surface area (Å²) in [6.45, 7) is 4.70. The predicted octanol–water partition coefficient (Wildman–Crippen LogP) is 3.06. The molecule has 4 heteroatoms. The summed E-state index contributed by atoms with van der Waals surface area (Å²) in [5.74, 6) is 1.59. The Morgan fingerprint density at radius 1 is 1.11 bits per heavy atom. The monoisotopic (exact) mass is 247 g/mol. The van der Waals surface area contributed by atoms with E-state index in [1.165, 1.54) is 0 Å². The second kappa shape index (κ2) is 5.58. The summed E-state index contributed by atoms with van der Waals surface area (Å²) in [6.07, 6.45) is 3.22. The molecule has 2 aromatic heterocycles. The van der Waals surface area contributed by atoms with Gasteiger partial charge in [-0.05, 0) is 24.3 Å². The first-order valence-corrected chi connectivity index (χ1v) is 6.00. The summed E-state index contributed by atoms with van der Waals surface area (Å²) >= 11 is 0. The molecule has 18 heavy (non-hydrogen) atoms. The van der Waals surface area contributed by atoms with Crippen LogP contribution < -0.4 is 0 Å². The van der Waals surface area contributed by atoms with Gasteiger partial charge >= 0.3 is 0 Å². The van der Waals surface area contributed by atoms with Gasteiger partial charge in [0.15, 0.2) is 0 Å². The minimum Gasteiger partial charge on any atom is -0.467 e. The lowest BCUT2D eigenvalue weighted by Crippen LogP contribution is -2.33. The van der Waals surface area contributed by atoms with E-state index in [4.69, 9.17) is 8.83 Å². The molecule has 0 saturated carbocycles. The fourth-order valence-electron chi connectivity index (χ4n) is 1.76. The van der Waals surface area contributed by atoms with Gasteiger partial charge in [0, 0.05) is 5.92 Å². The smallest absolute Gasteiger partial charge is 0.225 e. The largest absolute Gasteiger partial charge is 0.467 e. The average molecular weight is 247 g/mol. The molecule has 0 aromatic carbocycles. The Morgan fingerprint density at radius 3 is 1.94 bits per heavy atom. The quantitative estimate of drug-likeness (QED) is 0.815. The van der Waals surface area contributed by atoms with Crippen molar-refractivity contribution in [3.63, 3.8) is 0 Å². The van der Waals surface area contributed by atoms with Crippen molar-refractivity contribution in [3.05, 3.63) is 48.3 Å². The minimum absolute atomic E-state index is 0.0464. The van der Waals surface area contributed by atoms with Crippen molar-refractivity contribution < 1.29 is 13.6 Å². The third kappa shape index (κ3) is 3.03. The number of carbonyl (C=O) groups excluding carboxylic acids is 1. The van der Waals surface area contributed by atoms with Crippen LogP contribution >= 0.6 is 0 Å². The Labute approximate surface area is 106 Å². The van der Waals surface area contributed by atoms with Crippen LogP contribution in [0, 0.1) is 5.92 Å². The molecule has 1 amide bonds. The fraction of sp³-hybridized carbons (Fsp3) is 0.357. The molecule has 0 fully saturated rings. The van der Waals surface area contributed by atoms with Crippen LogP contribution in [0.2, 0.25) is 0 Å². The van der Waals surface area contributed by atoms with E-state index in [-0.39, 0.29) is 11.8 Å². The van der Waals surface area contributed by atoms with E-state index in [9.17, 15) is 4.79 Å². The van der Waals surface area contributed by atoms with Crippen LogP contribution in [-0.2, 0) is 17.9 Å². The van der Waals surface area contributed by atoms with Crippen molar-refractivity contribution >= 4 is 5.91 Å². The average Bonchev–Trinajstić information content (AvgIpc) is 2.99. The Kier molecular flexibility index (Phi) is 3.87. The molecule has 0 spiro atoms. The zero-order chi connectivity index (χ0) is 13.0. The molecule has 0 saturated heterocycles. The van der Waals surface area contributed by atoms with Crippen LogP contribution in [0.1, 0.15) is 25.4 Å². The molecular weight excluding hydrogens is 230 g/mol. The van der Waals surface area contributed by atoms with Gasteiger partial charge < -0.3 is 13.7 Å². The number of hydrogen-bond acceptors (Lipinski definition) is 3. The number of rotatable bonds is 5. The van der Waals surface area contributed by atoms with Crippen LogP contribution in [0.4, 0.5) is 0 Å². The van der Waals surface area contributed by atoms with Crippen molar-refractivity contribution in [2.24, 2.45) is 5.92 Å². The lowest BCUT2D eigenvalue weighted by molar-refractivity contribution is -0.136. The van der Waals surface area contributed by atoms with Crippen molar-refractivity contribution in [1.82, 2.24) is 4.90 Å². The first kappa shape index (κ1) is 12.5. The molecule has 0 aliphatic rings. The normalized spacial score (nSPS) is 10.8. The highest BCUT2D eigenvalue weighted by Crippen LogP contribution is 2.14. The summed E-state index contributed by atoms with van der Waals surface area (Å²) in [6, 6.07) is 7.37. The fourth-order valence-corrected chi connectivity index (χ4v) is 1.76. The van der Waals surface area contributed by atoms with E-state index >= 15 is 0 Å². The van der Waals surface area contributed by atoms with Crippen LogP contribution in [0.3, 0.4) is 0 Å². The molecule has 0 bridgehead atoms. The Bertz CT molecular complexity index is 435. The number of hydrogen-bond donors (Lipinski definition) is 0. The van der Waals surface area contributed by atoms with Crippen LogP contribution in [0.5, 0.6) is 0 Å². The highest BCUT2D eigenvalue weighted by molar-refractivity contribution is 5.78. The zero-order valence-corrected chi connectivity index (χ0v) is 10.6. The van der Waals surface area contributed by atoms with Crippen molar-refractivity contribution in [2.75, 3.05) is 0 Å². The standard InChI is InChI=1S/C14H17NO3/c1-11(2)14(16)15(9-12-5-3-7-17-12)10-13-6-4-8-18-13/h3-8,11H,9-10H2,1-2H3. The topological polar surface area (TPSA) is 46.6 Å². The van der Waals surface area contributed by atoms with E-state index in [0.717, 1.165) is 11.5 Å². The van der Waals surface area contributed by atoms with E-state index in [2.05, 4.69) is 0 Å². The molecular formula is C14H17NO3. The van der Waals surface area contributed by atoms with Crippen LogP contribution in [0.15, 0.2) is 45.6 Å². The molecule has 96 valence electrons. The zero-order valence-electron chi connectivity index (χ0n) is 10.6. The number of nitrogens with zero attached hydrogens (tertiary/aromatic N) is 1. The number of amides is 1. The lowest BCUT2D eigenvalue weighted by Gasteiger charge is -2.22. The molecule has 2 aromatic rings. The van der Waals surface area contributed by atoms with Gasteiger partial charge in [-0.25, -0.2) is 0 Å².